The lowest BCUT2D eigenvalue weighted by atomic mass is 10.1. The van der Waals surface area contributed by atoms with E-state index in [4.69, 9.17) is 16.4 Å². The van der Waals surface area contributed by atoms with Gasteiger partial charge in [-0.2, -0.15) is 0 Å². The molecule has 0 aliphatic heterocycles. The highest BCUT2D eigenvalue weighted by atomic mass is 35.5. The quantitative estimate of drug-likeness (QED) is 0.869. The van der Waals surface area contributed by atoms with Crippen LogP contribution in [0.4, 0.5) is 4.39 Å². The number of nitrogens with one attached hydrogen (secondary N) is 1. The topological polar surface area (TPSA) is 34.1 Å². The highest BCUT2D eigenvalue weighted by Crippen LogP contribution is 2.24. The fourth-order valence-electron chi connectivity index (χ4n) is 1.61. The molecule has 1 aromatic carbocycles. The third-order valence-corrected chi connectivity index (χ3v) is 2.74. The van der Waals surface area contributed by atoms with Crippen LogP contribution < -0.4 is 5.48 Å². The third-order valence-electron chi connectivity index (χ3n) is 2.43. The van der Waals surface area contributed by atoms with Crippen molar-refractivity contribution in [2.24, 2.45) is 0 Å². The lowest BCUT2D eigenvalue weighted by Crippen LogP contribution is -2.10. The number of aromatic nitrogens is 1. The van der Waals surface area contributed by atoms with Crippen LogP contribution in [0.5, 0.6) is 0 Å². The fraction of sp³-hybridized carbons (Fsp3) is 0.0714. The van der Waals surface area contributed by atoms with Crippen LogP contribution in [0.25, 0.3) is 11.8 Å². The molecule has 0 amide bonds. The lowest BCUT2D eigenvalue weighted by molar-refractivity contribution is 0.137. The lowest BCUT2D eigenvalue weighted by Gasteiger charge is -2.11. The van der Waals surface area contributed by atoms with Gasteiger partial charge in [0.05, 0.1) is 17.8 Å². The minimum absolute atomic E-state index is 0.305. The minimum Gasteiger partial charge on any atom is -0.279 e. The number of nitrogens with zero attached hydrogens (tertiary/aromatic N) is 1. The van der Waals surface area contributed by atoms with Gasteiger partial charge in [-0.25, -0.2) is 4.39 Å². The van der Waals surface area contributed by atoms with Crippen molar-refractivity contribution in [1.82, 2.24) is 10.5 Å². The number of pyridine rings is 1. The Bertz CT molecular complexity index is 587. The van der Waals surface area contributed by atoms with E-state index in [-0.39, 0.29) is 5.82 Å². The Morgan fingerprint density at radius 3 is 2.89 bits per heavy atom. The molecule has 0 spiro atoms. The van der Waals surface area contributed by atoms with Gasteiger partial charge in [0.2, 0.25) is 0 Å². The molecular formula is C14H12ClFN2O. The van der Waals surface area contributed by atoms with Crippen molar-refractivity contribution in [2.45, 2.75) is 0 Å². The molecule has 0 unspecified atom stereocenters. The summed E-state index contributed by atoms with van der Waals surface area (Å²) in [6, 6.07) is 7.90. The second-order valence-corrected chi connectivity index (χ2v) is 4.18. The first-order valence-corrected chi connectivity index (χ1v) is 5.94. The number of hydrogen-bond acceptors (Lipinski definition) is 3. The maximum atomic E-state index is 13.1. The van der Waals surface area contributed by atoms with E-state index >= 15 is 0 Å². The van der Waals surface area contributed by atoms with E-state index in [1.54, 1.807) is 18.5 Å². The van der Waals surface area contributed by atoms with Crippen molar-refractivity contribution in [2.75, 3.05) is 7.11 Å². The van der Waals surface area contributed by atoms with Crippen LogP contribution >= 0.6 is 11.6 Å². The van der Waals surface area contributed by atoms with Gasteiger partial charge in [0.1, 0.15) is 5.82 Å². The minimum atomic E-state index is -0.383. The van der Waals surface area contributed by atoms with Crippen LogP contribution in [0, 0.1) is 5.82 Å². The van der Waals surface area contributed by atoms with Gasteiger partial charge in [-0.15, -0.1) is 0 Å². The van der Waals surface area contributed by atoms with Crippen LogP contribution in [-0.4, -0.2) is 12.1 Å². The van der Waals surface area contributed by atoms with Crippen LogP contribution in [0.1, 0.15) is 11.1 Å². The van der Waals surface area contributed by atoms with Crippen molar-refractivity contribution in [3.8, 4) is 0 Å². The van der Waals surface area contributed by atoms with Gasteiger partial charge in [0.25, 0.3) is 0 Å². The maximum Gasteiger partial charge on any atom is 0.124 e. The average Bonchev–Trinajstić information content (AvgIpc) is 2.39. The number of rotatable bonds is 4. The van der Waals surface area contributed by atoms with Crippen molar-refractivity contribution in [3.05, 3.63) is 64.7 Å². The van der Waals surface area contributed by atoms with E-state index in [0.717, 1.165) is 5.56 Å². The molecular weight excluding hydrogens is 267 g/mol. The van der Waals surface area contributed by atoms with Gasteiger partial charge in [-0.1, -0.05) is 17.7 Å². The standard InChI is InChI=1S/C14H12ClFN2O/c1-19-18-14(7-10-3-2-6-17-9-10)12-5-4-11(16)8-13(12)15/h2-9,18H,1H3. The van der Waals surface area contributed by atoms with Gasteiger partial charge < -0.3 is 0 Å². The van der Waals surface area contributed by atoms with Gasteiger partial charge in [-0.3, -0.25) is 15.3 Å². The molecule has 3 nitrogen and oxygen atoms in total. The van der Waals surface area contributed by atoms with Gasteiger partial charge in [-0.05, 0) is 35.9 Å². The molecule has 0 bridgehead atoms. The number of halogens is 2. The summed E-state index contributed by atoms with van der Waals surface area (Å²) in [6.45, 7) is 0. The Kier molecular flexibility index (Phi) is 4.49. The predicted molar refractivity (Wildman–Crippen MR) is 73.7 cm³/mol. The van der Waals surface area contributed by atoms with Gasteiger partial charge in [0, 0.05) is 18.0 Å². The summed E-state index contributed by atoms with van der Waals surface area (Å²) in [7, 11) is 1.49. The molecule has 0 atom stereocenters. The Labute approximate surface area is 115 Å². The highest BCUT2D eigenvalue weighted by Gasteiger charge is 2.08. The van der Waals surface area contributed by atoms with E-state index in [2.05, 4.69) is 10.5 Å². The van der Waals surface area contributed by atoms with E-state index in [1.807, 2.05) is 18.2 Å². The Hall–Kier alpha value is -1.91. The second-order valence-electron chi connectivity index (χ2n) is 3.77. The number of benzene rings is 1. The van der Waals surface area contributed by atoms with Crippen molar-refractivity contribution in [3.63, 3.8) is 0 Å². The molecule has 19 heavy (non-hydrogen) atoms. The van der Waals surface area contributed by atoms with Crippen molar-refractivity contribution >= 4 is 23.4 Å². The maximum absolute atomic E-state index is 13.1. The largest absolute Gasteiger partial charge is 0.279 e. The molecule has 98 valence electrons. The van der Waals surface area contributed by atoms with Crippen molar-refractivity contribution in [1.29, 1.82) is 0 Å². The van der Waals surface area contributed by atoms with Crippen molar-refractivity contribution < 1.29 is 9.23 Å². The average molecular weight is 279 g/mol. The summed E-state index contributed by atoms with van der Waals surface area (Å²) in [4.78, 5) is 8.95. The second kappa shape index (κ2) is 6.31. The SMILES string of the molecule is CONC(=Cc1cccnc1)c1ccc(F)cc1Cl. The molecule has 2 rings (SSSR count). The van der Waals surface area contributed by atoms with Gasteiger partial charge >= 0.3 is 0 Å². The monoisotopic (exact) mass is 278 g/mol. The Balaban J connectivity index is 2.42. The molecule has 0 saturated carbocycles. The summed E-state index contributed by atoms with van der Waals surface area (Å²) in [5, 5.41) is 0.305. The predicted octanol–water partition coefficient (Wildman–Crippen LogP) is 3.52. The fourth-order valence-corrected chi connectivity index (χ4v) is 1.88. The summed E-state index contributed by atoms with van der Waals surface area (Å²) < 4.78 is 13.1. The molecule has 1 aromatic heterocycles. The summed E-state index contributed by atoms with van der Waals surface area (Å²) in [5.74, 6) is -0.383. The van der Waals surface area contributed by atoms with E-state index in [1.165, 1.54) is 19.2 Å². The molecule has 1 N–H and O–H groups in total. The van der Waals surface area contributed by atoms with Crippen LogP contribution in [-0.2, 0) is 4.84 Å². The van der Waals surface area contributed by atoms with Crippen LogP contribution in [0.3, 0.4) is 0 Å². The Morgan fingerprint density at radius 2 is 2.26 bits per heavy atom. The molecule has 1 heterocycles. The first-order valence-electron chi connectivity index (χ1n) is 5.57. The van der Waals surface area contributed by atoms with E-state index in [9.17, 15) is 4.39 Å². The van der Waals surface area contributed by atoms with E-state index < -0.39 is 0 Å². The zero-order valence-corrected chi connectivity index (χ0v) is 11.0. The van der Waals surface area contributed by atoms with Crippen LogP contribution in [0.2, 0.25) is 5.02 Å². The summed E-state index contributed by atoms with van der Waals surface area (Å²) in [6.07, 6.45) is 5.20. The third kappa shape index (κ3) is 3.53. The highest BCUT2D eigenvalue weighted by molar-refractivity contribution is 6.32. The summed E-state index contributed by atoms with van der Waals surface area (Å²) >= 11 is 6.03. The first kappa shape index (κ1) is 13.5. The molecule has 0 aliphatic carbocycles. The molecule has 2 aromatic rings. The smallest absolute Gasteiger partial charge is 0.124 e. The normalized spacial score (nSPS) is 11.4. The zero-order valence-electron chi connectivity index (χ0n) is 10.2. The molecule has 0 aliphatic rings. The number of hydrogen-bond donors (Lipinski definition) is 1. The zero-order chi connectivity index (χ0) is 13.7. The molecule has 0 radical (unpaired) electrons. The number of hydroxylamine groups is 1. The molecule has 0 saturated heterocycles. The summed E-state index contributed by atoms with van der Waals surface area (Å²) in [5.41, 5.74) is 4.88. The Morgan fingerprint density at radius 1 is 1.42 bits per heavy atom. The van der Waals surface area contributed by atoms with E-state index in [0.29, 0.717) is 16.3 Å². The first-order chi connectivity index (χ1) is 9.20. The van der Waals surface area contributed by atoms with Gasteiger partial charge in [0.15, 0.2) is 0 Å². The van der Waals surface area contributed by atoms with Crippen LogP contribution in [0.15, 0.2) is 42.7 Å². The molecule has 0 fully saturated rings. The molecule has 5 heteroatoms.